The number of urea groups is 1. The van der Waals surface area contributed by atoms with Gasteiger partial charge >= 0.3 is 6.03 Å². The molecule has 0 radical (unpaired) electrons. The summed E-state index contributed by atoms with van der Waals surface area (Å²) in [4.78, 5) is 32.9. The SMILES string of the molecule is CN(C)c1cc(CNC(=O)N2CCC(NC(=O)C3CCCCC3)CC2)ccn1. The minimum atomic E-state index is -0.0414. The fourth-order valence-electron chi connectivity index (χ4n) is 4.02. The van der Waals surface area contributed by atoms with Crippen molar-refractivity contribution in [3.05, 3.63) is 23.9 Å². The molecule has 1 aliphatic carbocycles. The normalized spacial score (nSPS) is 18.6. The van der Waals surface area contributed by atoms with Crippen molar-refractivity contribution in [2.24, 2.45) is 5.92 Å². The highest BCUT2D eigenvalue weighted by molar-refractivity contribution is 5.79. The summed E-state index contributed by atoms with van der Waals surface area (Å²) < 4.78 is 0. The molecule has 154 valence electrons. The quantitative estimate of drug-likeness (QED) is 0.814. The number of amides is 3. The Labute approximate surface area is 167 Å². The number of hydrogen-bond acceptors (Lipinski definition) is 4. The molecule has 0 bridgehead atoms. The van der Waals surface area contributed by atoms with Crippen molar-refractivity contribution >= 4 is 17.8 Å². The summed E-state index contributed by atoms with van der Waals surface area (Å²) in [5.41, 5.74) is 1.03. The Hall–Kier alpha value is -2.31. The van der Waals surface area contributed by atoms with Gasteiger partial charge in [-0.15, -0.1) is 0 Å². The van der Waals surface area contributed by atoms with Crippen molar-refractivity contribution in [3.8, 4) is 0 Å². The molecule has 2 fully saturated rings. The van der Waals surface area contributed by atoms with Crippen LogP contribution in [0.3, 0.4) is 0 Å². The van der Waals surface area contributed by atoms with Crippen molar-refractivity contribution < 1.29 is 9.59 Å². The monoisotopic (exact) mass is 387 g/mol. The van der Waals surface area contributed by atoms with Gasteiger partial charge in [0.2, 0.25) is 5.91 Å². The zero-order chi connectivity index (χ0) is 19.9. The maximum atomic E-state index is 12.5. The summed E-state index contributed by atoms with van der Waals surface area (Å²) in [6.07, 6.45) is 9.06. The highest BCUT2D eigenvalue weighted by Crippen LogP contribution is 2.24. The van der Waals surface area contributed by atoms with E-state index in [-0.39, 0.29) is 23.9 Å². The minimum absolute atomic E-state index is 0.0414. The number of hydrogen-bond donors (Lipinski definition) is 2. The first-order valence-corrected chi connectivity index (χ1v) is 10.5. The third-order valence-electron chi connectivity index (χ3n) is 5.82. The second-order valence-electron chi connectivity index (χ2n) is 8.18. The van der Waals surface area contributed by atoms with Gasteiger partial charge in [-0.05, 0) is 43.4 Å². The number of rotatable bonds is 5. The first-order valence-electron chi connectivity index (χ1n) is 10.5. The number of pyridine rings is 1. The van der Waals surface area contributed by atoms with Crippen LogP contribution in [0.25, 0.3) is 0 Å². The Morgan fingerprint density at radius 1 is 1.14 bits per heavy atom. The number of nitrogens with zero attached hydrogens (tertiary/aromatic N) is 3. The van der Waals surface area contributed by atoms with Crippen molar-refractivity contribution in [2.45, 2.75) is 57.5 Å². The highest BCUT2D eigenvalue weighted by atomic mass is 16.2. The minimum Gasteiger partial charge on any atom is -0.363 e. The molecule has 0 spiro atoms. The fourth-order valence-corrected chi connectivity index (χ4v) is 4.02. The van der Waals surface area contributed by atoms with Gasteiger partial charge in [-0.3, -0.25) is 4.79 Å². The smallest absolute Gasteiger partial charge is 0.317 e. The van der Waals surface area contributed by atoms with Crippen molar-refractivity contribution in [1.82, 2.24) is 20.5 Å². The van der Waals surface area contributed by atoms with E-state index in [0.29, 0.717) is 19.6 Å². The van der Waals surface area contributed by atoms with E-state index < -0.39 is 0 Å². The highest BCUT2D eigenvalue weighted by Gasteiger charge is 2.27. The molecule has 28 heavy (non-hydrogen) atoms. The lowest BCUT2D eigenvalue weighted by molar-refractivity contribution is -0.126. The van der Waals surface area contributed by atoms with E-state index in [1.807, 2.05) is 36.0 Å². The summed E-state index contributed by atoms with van der Waals surface area (Å²) in [7, 11) is 3.89. The van der Waals surface area contributed by atoms with Gasteiger partial charge < -0.3 is 20.4 Å². The molecule has 1 saturated heterocycles. The predicted octanol–water partition coefficient (Wildman–Crippen LogP) is 2.52. The Morgan fingerprint density at radius 2 is 1.86 bits per heavy atom. The van der Waals surface area contributed by atoms with Gasteiger partial charge in [0.25, 0.3) is 0 Å². The Balaban J connectivity index is 1.40. The summed E-state index contributed by atoms with van der Waals surface area (Å²) in [6, 6.07) is 4.05. The van der Waals surface area contributed by atoms with Crippen LogP contribution < -0.4 is 15.5 Å². The second kappa shape index (κ2) is 9.75. The molecule has 3 rings (SSSR count). The largest absolute Gasteiger partial charge is 0.363 e. The number of piperidine rings is 1. The van der Waals surface area contributed by atoms with E-state index in [2.05, 4.69) is 15.6 Å². The van der Waals surface area contributed by atoms with Gasteiger partial charge in [0, 0.05) is 51.9 Å². The van der Waals surface area contributed by atoms with E-state index in [1.165, 1.54) is 19.3 Å². The van der Waals surface area contributed by atoms with E-state index in [1.54, 1.807) is 6.20 Å². The molecule has 0 aromatic carbocycles. The Morgan fingerprint density at radius 3 is 2.54 bits per heavy atom. The van der Waals surface area contributed by atoms with Gasteiger partial charge in [0.15, 0.2) is 0 Å². The topological polar surface area (TPSA) is 77.6 Å². The van der Waals surface area contributed by atoms with E-state index in [9.17, 15) is 9.59 Å². The van der Waals surface area contributed by atoms with Crippen LogP contribution in [0, 0.1) is 5.92 Å². The second-order valence-corrected chi connectivity index (χ2v) is 8.18. The molecule has 0 unspecified atom stereocenters. The van der Waals surface area contributed by atoms with Crippen LogP contribution >= 0.6 is 0 Å². The average Bonchev–Trinajstić information content (AvgIpc) is 2.73. The van der Waals surface area contributed by atoms with Crippen LogP contribution in [0.2, 0.25) is 0 Å². The third-order valence-corrected chi connectivity index (χ3v) is 5.82. The molecule has 1 aromatic rings. The number of nitrogens with one attached hydrogen (secondary N) is 2. The first-order chi connectivity index (χ1) is 13.5. The van der Waals surface area contributed by atoms with Crippen molar-refractivity contribution in [3.63, 3.8) is 0 Å². The zero-order valence-electron chi connectivity index (χ0n) is 17.1. The molecule has 2 N–H and O–H groups in total. The standard InChI is InChI=1S/C21H33N5O2/c1-25(2)19-14-16(8-11-22-19)15-23-21(28)26-12-9-18(10-13-26)24-20(27)17-6-4-3-5-7-17/h8,11,14,17-18H,3-7,9-10,12-13,15H2,1-2H3,(H,23,28)(H,24,27). The number of carbonyl (C=O) groups is 2. The molecular weight excluding hydrogens is 354 g/mol. The summed E-state index contributed by atoms with van der Waals surface area (Å²) in [5.74, 6) is 1.29. The number of likely N-dealkylation sites (tertiary alicyclic amines) is 1. The van der Waals surface area contributed by atoms with Gasteiger partial charge in [-0.1, -0.05) is 19.3 Å². The van der Waals surface area contributed by atoms with E-state index in [0.717, 1.165) is 37.1 Å². The van der Waals surface area contributed by atoms with Gasteiger partial charge in [-0.25, -0.2) is 9.78 Å². The molecule has 2 heterocycles. The van der Waals surface area contributed by atoms with Gasteiger partial charge in [-0.2, -0.15) is 0 Å². The summed E-state index contributed by atoms with van der Waals surface area (Å²) >= 11 is 0. The van der Waals surface area contributed by atoms with Crippen molar-refractivity contribution in [1.29, 1.82) is 0 Å². The van der Waals surface area contributed by atoms with Crippen LogP contribution in [0.5, 0.6) is 0 Å². The maximum absolute atomic E-state index is 12.5. The van der Waals surface area contributed by atoms with Crippen LogP contribution in [0.4, 0.5) is 10.6 Å². The first kappa shape index (κ1) is 20.4. The van der Waals surface area contributed by atoms with Crippen LogP contribution in [-0.2, 0) is 11.3 Å². The Kier molecular flexibility index (Phi) is 7.12. The van der Waals surface area contributed by atoms with Crippen LogP contribution in [0.15, 0.2) is 18.3 Å². The van der Waals surface area contributed by atoms with E-state index in [4.69, 9.17) is 0 Å². The predicted molar refractivity (Wildman–Crippen MR) is 110 cm³/mol. The summed E-state index contributed by atoms with van der Waals surface area (Å²) in [5, 5.41) is 6.21. The van der Waals surface area contributed by atoms with E-state index >= 15 is 0 Å². The molecule has 7 heteroatoms. The lowest BCUT2D eigenvalue weighted by Crippen LogP contribution is -2.50. The summed E-state index contributed by atoms with van der Waals surface area (Å²) in [6.45, 7) is 1.85. The molecule has 2 aliphatic rings. The molecule has 7 nitrogen and oxygen atoms in total. The van der Waals surface area contributed by atoms with Gasteiger partial charge in [0.05, 0.1) is 0 Å². The molecule has 1 aliphatic heterocycles. The molecule has 0 atom stereocenters. The molecule has 3 amide bonds. The maximum Gasteiger partial charge on any atom is 0.317 e. The Bertz CT molecular complexity index is 665. The van der Waals surface area contributed by atoms with Crippen LogP contribution in [-0.4, -0.2) is 55.0 Å². The van der Waals surface area contributed by atoms with Crippen LogP contribution in [0.1, 0.15) is 50.5 Å². The number of anilines is 1. The average molecular weight is 388 g/mol. The molecule has 1 aromatic heterocycles. The molecular formula is C21H33N5O2. The fraction of sp³-hybridized carbons (Fsp3) is 0.667. The zero-order valence-corrected chi connectivity index (χ0v) is 17.1. The van der Waals surface area contributed by atoms with Crippen molar-refractivity contribution in [2.75, 3.05) is 32.1 Å². The number of aromatic nitrogens is 1. The third kappa shape index (κ3) is 5.59. The van der Waals surface area contributed by atoms with Gasteiger partial charge in [0.1, 0.15) is 5.82 Å². The number of carbonyl (C=O) groups excluding carboxylic acids is 2. The lowest BCUT2D eigenvalue weighted by atomic mass is 9.88. The molecule has 1 saturated carbocycles. The lowest BCUT2D eigenvalue weighted by Gasteiger charge is -2.33.